The van der Waals surface area contributed by atoms with Crippen LogP contribution in [0.25, 0.3) is 0 Å². The Morgan fingerprint density at radius 2 is 1.87 bits per heavy atom. The van der Waals surface area contributed by atoms with Gasteiger partial charge in [-0.2, -0.15) is 0 Å². The molecule has 1 aliphatic rings. The smallest absolute Gasteiger partial charge is 0.239 e. The van der Waals surface area contributed by atoms with E-state index in [0.29, 0.717) is 30.2 Å². The van der Waals surface area contributed by atoms with Crippen LogP contribution < -0.4 is 19.7 Å². The van der Waals surface area contributed by atoms with Crippen molar-refractivity contribution in [1.82, 2.24) is 5.32 Å². The number of hydrogen-bond donors (Lipinski definition) is 1. The molecule has 1 aromatic carbocycles. The average Bonchev–Trinajstić information content (AvgIpc) is 2.86. The SMILES string of the molecule is COc1ccc(N2CCC(C(=O)NC(C)(C)C)C2=O)cc1OC. The van der Waals surface area contributed by atoms with E-state index in [-0.39, 0.29) is 17.4 Å². The van der Waals surface area contributed by atoms with E-state index in [1.165, 1.54) is 0 Å². The maximum atomic E-state index is 12.6. The lowest BCUT2D eigenvalue weighted by atomic mass is 10.0. The molecule has 1 atom stereocenters. The van der Waals surface area contributed by atoms with E-state index in [4.69, 9.17) is 9.47 Å². The van der Waals surface area contributed by atoms with Gasteiger partial charge in [0.05, 0.1) is 14.2 Å². The van der Waals surface area contributed by atoms with Crippen LogP contribution in [0.15, 0.2) is 18.2 Å². The third-order valence-corrected chi connectivity index (χ3v) is 3.70. The maximum Gasteiger partial charge on any atom is 0.239 e. The second kappa shape index (κ2) is 6.48. The second-order valence-corrected chi connectivity index (χ2v) is 6.61. The van der Waals surface area contributed by atoms with Crippen molar-refractivity contribution in [2.75, 3.05) is 25.7 Å². The molecule has 23 heavy (non-hydrogen) atoms. The van der Waals surface area contributed by atoms with Crippen LogP contribution in [-0.4, -0.2) is 38.1 Å². The fourth-order valence-electron chi connectivity index (χ4n) is 2.63. The summed E-state index contributed by atoms with van der Waals surface area (Å²) in [5.41, 5.74) is 0.354. The molecule has 0 spiro atoms. The Labute approximate surface area is 136 Å². The molecule has 6 heteroatoms. The summed E-state index contributed by atoms with van der Waals surface area (Å²) in [4.78, 5) is 26.5. The van der Waals surface area contributed by atoms with Crippen LogP contribution in [0, 0.1) is 5.92 Å². The Hall–Kier alpha value is -2.24. The molecular formula is C17H24N2O4. The van der Waals surface area contributed by atoms with Gasteiger partial charge in [0.15, 0.2) is 11.5 Å². The zero-order valence-corrected chi connectivity index (χ0v) is 14.3. The third kappa shape index (κ3) is 3.75. The maximum absolute atomic E-state index is 12.6. The number of rotatable bonds is 4. The van der Waals surface area contributed by atoms with Crippen LogP contribution >= 0.6 is 0 Å². The lowest BCUT2D eigenvalue weighted by Crippen LogP contribution is -2.45. The molecule has 1 unspecified atom stereocenters. The minimum atomic E-state index is -0.637. The van der Waals surface area contributed by atoms with Crippen LogP contribution in [-0.2, 0) is 9.59 Å². The molecule has 0 bridgehead atoms. The number of carbonyl (C=O) groups excluding carboxylic acids is 2. The fraction of sp³-hybridized carbons (Fsp3) is 0.529. The topological polar surface area (TPSA) is 67.9 Å². The normalized spacial score (nSPS) is 18.0. The van der Waals surface area contributed by atoms with E-state index in [0.717, 1.165) is 0 Å². The van der Waals surface area contributed by atoms with Gasteiger partial charge < -0.3 is 19.7 Å². The number of ether oxygens (including phenoxy) is 2. The standard InChI is InChI=1S/C17H24N2O4/c1-17(2,3)18-15(20)12-8-9-19(16(12)21)11-6-7-13(22-4)14(10-11)23-5/h6-7,10,12H,8-9H2,1-5H3,(H,18,20). The summed E-state index contributed by atoms with van der Waals surface area (Å²) in [6.45, 7) is 6.21. The molecule has 0 saturated carbocycles. The number of nitrogens with zero attached hydrogens (tertiary/aromatic N) is 1. The molecule has 0 aliphatic carbocycles. The van der Waals surface area contributed by atoms with Crippen LogP contribution in [0.4, 0.5) is 5.69 Å². The minimum Gasteiger partial charge on any atom is -0.493 e. The van der Waals surface area contributed by atoms with Gasteiger partial charge in [0.1, 0.15) is 5.92 Å². The number of carbonyl (C=O) groups is 2. The number of anilines is 1. The first kappa shape index (κ1) is 17.1. The van der Waals surface area contributed by atoms with Crippen molar-refractivity contribution in [3.8, 4) is 11.5 Å². The first-order valence-corrected chi connectivity index (χ1v) is 7.62. The average molecular weight is 320 g/mol. The Kier molecular flexibility index (Phi) is 4.82. The molecule has 0 radical (unpaired) electrons. The summed E-state index contributed by atoms with van der Waals surface area (Å²) in [6.07, 6.45) is 0.509. The predicted octanol–water partition coefficient (Wildman–Crippen LogP) is 1.97. The number of methoxy groups -OCH3 is 2. The molecule has 1 aliphatic heterocycles. The molecule has 1 aromatic rings. The summed E-state index contributed by atoms with van der Waals surface area (Å²) in [5, 5.41) is 2.87. The Bertz CT molecular complexity index is 607. The molecule has 6 nitrogen and oxygen atoms in total. The largest absolute Gasteiger partial charge is 0.493 e. The molecule has 2 rings (SSSR count). The first-order valence-electron chi connectivity index (χ1n) is 7.62. The number of benzene rings is 1. The van der Waals surface area contributed by atoms with Gasteiger partial charge in [-0.05, 0) is 39.3 Å². The van der Waals surface area contributed by atoms with E-state index in [9.17, 15) is 9.59 Å². The van der Waals surface area contributed by atoms with Crippen molar-refractivity contribution in [2.24, 2.45) is 5.92 Å². The first-order chi connectivity index (χ1) is 10.8. The van der Waals surface area contributed by atoms with Crippen LogP contribution in [0.2, 0.25) is 0 Å². The van der Waals surface area contributed by atoms with Gasteiger partial charge in [0.25, 0.3) is 0 Å². The molecule has 0 aromatic heterocycles. The van der Waals surface area contributed by atoms with Crippen molar-refractivity contribution >= 4 is 17.5 Å². The summed E-state index contributed by atoms with van der Waals surface area (Å²) < 4.78 is 10.5. The summed E-state index contributed by atoms with van der Waals surface area (Å²) in [7, 11) is 3.11. The van der Waals surface area contributed by atoms with E-state index < -0.39 is 5.92 Å². The molecular weight excluding hydrogens is 296 g/mol. The van der Waals surface area contributed by atoms with Crippen LogP contribution in [0.5, 0.6) is 11.5 Å². The van der Waals surface area contributed by atoms with Crippen molar-refractivity contribution in [3.05, 3.63) is 18.2 Å². The van der Waals surface area contributed by atoms with Crippen molar-refractivity contribution in [3.63, 3.8) is 0 Å². The molecule has 126 valence electrons. The number of amides is 2. The van der Waals surface area contributed by atoms with Gasteiger partial charge in [-0.3, -0.25) is 9.59 Å². The highest BCUT2D eigenvalue weighted by molar-refractivity contribution is 6.09. The minimum absolute atomic E-state index is 0.182. The van der Waals surface area contributed by atoms with Gasteiger partial charge in [-0.25, -0.2) is 0 Å². The summed E-state index contributed by atoms with van der Waals surface area (Å²) >= 11 is 0. The quantitative estimate of drug-likeness (QED) is 0.861. The Morgan fingerprint density at radius 1 is 1.22 bits per heavy atom. The van der Waals surface area contributed by atoms with E-state index >= 15 is 0 Å². The van der Waals surface area contributed by atoms with Gasteiger partial charge in [-0.1, -0.05) is 0 Å². The highest BCUT2D eigenvalue weighted by Gasteiger charge is 2.38. The summed E-state index contributed by atoms with van der Waals surface area (Å²) in [6, 6.07) is 5.30. The van der Waals surface area contributed by atoms with Gasteiger partial charge in [0.2, 0.25) is 11.8 Å². The van der Waals surface area contributed by atoms with Gasteiger partial charge in [-0.15, -0.1) is 0 Å². The molecule has 1 heterocycles. The van der Waals surface area contributed by atoms with E-state index in [2.05, 4.69) is 5.32 Å². The lowest BCUT2D eigenvalue weighted by Gasteiger charge is -2.23. The molecule has 1 saturated heterocycles. The van der Waals surface area contributed by atoms with Gasteiger partial charge >= 0.3 is 0 Å². The van der Waals surface area contributed by atoms with Crippen LogP contribution in [0.3, 0.4) is 0 Å². The van der Waals surface area contributed by atoms with Crippen molar-refractivity contribution in [2.45, 2.75) is 32.7 Å². The second-order valence-electron chi connectivity index (χ2n) is 6.61. The lowest BCUT2D eigenvalue weighted by molar-refractivity contribution is -0.133. The highest BCUT2D eigenvalue weighted by atomic mass is 16.5. The van der Waals surface area contributed by atoms with E-state index in [1.54, 1.807) is 37.3 Å². The Balaban J connectivity index is 2.17. The molecule has 1 fully saturated rings. The number of nitrogens with one attached hydrogen (secondary N) is 1. The zero-order valence-electron chi connectivity index (χ0n) is 14.3. The van der Waals surface area contributed by atoms with E-state index in [1.807, 2.05) is 20.8 Å². The Morgan fingerprint density at radius 3 is 2.43 bits per heavy atom. The predicted molar refractivity (Wildman–Crippen MR) is 87.9 cm³/mol. The van der Waals surface area contributed by atoms with Crippen LogP contribution in [0.1, 0.15) is 27.2 Å². The monoisotopic (exact) mass is 320 g/mol. The highest BCUT2D eigenvalue weighted by Crippen LogP contribution is 2.34. The molecule has 1 N–H and O–H groups in total. The van der Waals surface area contributed by atoms with Crippen molar-refractivity contribution < 1.29 is 19.1 Å². The van der Waals surface area contributed by atoms with Gasteiger partial charge in [0, 0.05) is 23.8 Å². The zero-order chi connectivity index (χ0) is 17.2. The number of hydrogen-bond acceptors (Lipinski definition) is 4. The summed E-state index contributed by atoms with van der Waals surface area (Å²) in [5.74, 6) is 0.122. The molecule has 2 amide bonds. The third-order valence-electron chi connectivity index (χ3n) is 3.70. The fourth-order valence-corrected chi connectivity index (χ4v) is 2.63. The van der Waals surface area contributed by atoms with Crippen molar-refractivity contribution in [1.29, 1.82) is 0 Å².